The average Bonchev–Trinajstić information content (AvgIpc) is 2.69. The van der Waals surface area contributed by atoms with Crippen LogP contribution in [0.15, 0.2) is 30.7 Å². The van der Waals surface area contributed by atoms with E-state index in [4.69, 9.17) is 11.6 Å². The van der Waals surface area contributed by atoms with Crippen LogP contribution in [0.25, 0.3) is 0 Å². The minimum atomic E-state index is -0.737. The van der Waals surface area contributed by atoms with Crippen LogP contribution in [0, 0.1) is 5.82 Å². The predicted molar refractivity (Wildman–Crippen MR) is 63.3 cm³/mol. The zero-order valence-electron chi connectivity index (χ0n) is 9.27. The molecule has 0 saturated heterocycles. The number of halogens is 2. The van der Waals surface area contributed by atoms with Gasteiger partial charge in [-0.3, -0.25) is 0 Å². The predicted octanol–water partition coefficient (Wildman–Crippen LogP) is 2.49. The van der Waals surface area contributed by atoms with Crippen LogP contribution in [0.5, 0.6) is 0 Å². The number of aromatic nitrogens is 2. The third-order valence-corrected chi connectivity index (χ3v) is 2.85. The van der Waals surface area contributed by atoms with Crippen LogP contribution in [0.4, 0.5) is 4.39 Å². The monoisotopic (exact) mass is 254 g/mol. The van der Waals surface area contributed by atoms with Gasteiger partial charge in [0.2, 0.25) is 0 Å². The lowest BCUT2D eigenvalue weighted by Crippen LogP contribution is -2.03. The Bertz CT molecular complexity index is 527. The molecule has 1 N–H and O–H groups in total. The SMILES string of the molecule is Cn1cnc(C(O)Cc2ccc(F)cc2Cl)c1. The van der Waals surface area contributed by atoms with Crippen molar-refractivity contribution in [2.45, 2.75) is 12.5 Å². The molecule has 1 aromatic heterocycles. The molecule has 1 aromatic carbocycles. The van der Waals surface area contributed by atoms with E-state index in [1.165, 1.54) is 12.1 Å². The summed E-state index contributed by atoms with van der Waals surface area (Å²) in [5, 5.41) is 10.3. The van der Waals surface area contributed by atoms with Crippen molar-refractivity contribution in [3.05, 3.63) is 52.8 Å². The molecule has 17 heavy (non-hydrogen) atoms. The van der Waals surface area contributed by atoms with Crippen molar-refractivity contribution in [2.24, 2.45) is 7.05 Å². The first-order chi connectivity index (χ1) is 8.06. The Labute approximate surface area is 103 Å². The molecule has 0 saturated carbocycles. The second kappa shape index (κ2) is 4.85. The molecule has 90 valence electrons. The molecule has 0 spiro atoms. The molecule has 0 amide bonds. The first-order valence-corrected chi connectivity index (χ1v) is 5.54. The quantitative estimate of drug-likeness (QED) is 0.914. The molecule has 0 radical (unpaired) electrons. The first-order valence-electron chi connectivity index (χ1n) is 5.16. The number of hydrogen-bond acceptors (Lipinski definition) is 2. The largest absolute Gasteiger partial charge is 0.386 e. The van der Waals surface area contributed by atoms with Gasteiger partial charge in [-0.15, -0.1) is 0 Å². The van der Waals surface area contributed by atoms with Crippen LogP contribution < -0.4 is 0 Å². The Morgan fingerprint density at radius 1 is 1.53 bits per heavy atom. The second-order valence-corrected chi connectivity index (χ2v) is 4.33. The number of benzene rings is 1. The van der Waals surface area contributed by atoms with Gasteiger partial charge >= 0.3 is 0 Å². The van der Waals surface area contributed by atoms with Crippen molar-refractivity contribution >= 4 is 11.6 Å². The van der Waals surface area contributed by atoms with E-state index in [9.17, 15) is 9.50 Å². The van der Waals surface area contributed by atoms with Gasteiger partial charge in [-0.05, 0) is 17.7 Å². The Morgan fingerprint density at radius 3 is 2.88 bits per heavy atom. The van der Waals surface area contributed by atoms with Gasteiger partial charge in [0.15, 0.2) is 0 Å². The molecule has 3 nitrogen and oxygen atoms in total. The molecule has 5 heteroatoms. The topological polar surface area (TPSA) is 38.0 Å². The number of aliphatic hydroxyl groups excluding tert-OH is 1. The molecule has 0 aliphatic rings. The van der Waals surface area contributed by atoms with Gasteiger partial charge in [-0.1, -0.05) is 17.7 Å². The van der Waals surface area contributed by atoms with Crippen LogP contribution in [0.3, 0.4) is 0 Å². The average molecular weight is 255 g/mol. The molecule has 1 atom stereocenters. The fraction of sp³-hybridized carbons (Fsp3) is 0.250. The van der Waals surface area contributed by atoms with Crippen molar-refractivity contribution in [3.8, 4) is 0 Å². The van der Waals surface area contributed by atoms with E-state index in [1.807, 2.05) is 7.05 Å². The Hall–Kier alpha value is -1.39. The van der Waals surface area contributed by atoms with Gasteiger partial charge in [-0.25, -0.2) is 9.37 Å². The summed E-state index contributed by atoms with van der Waals surface area (Å²) in [6.45, 7) is 0. The number of rotatable bonds is 3. The summed E-state index contributed by atoms with van der Waals surface area (Å²) < 4.78 is 14.6. The summed E-state index contributed by atoms with van der Waals surface area (Å²) >= 11 is 5.89. The number of aliphatic hydroxyl groups is 1. The summed E-state index contributed by atoms with van der Waals surface area (Å²) in [7, 11) is 1.83. The highest BCUT2D eigenvalue weighted by atomic mass is 35.5. The molecule has 0 bridgehead atoms. The molecule has 2 aromatic rings. The maximum absolute atomic E-state index is 12.8. The van der Waals surface area contributed by atoms with Crippen molar-refractivity contribution < 1.29 is 9.50 Å². The summed E-state index contributed by atoms with van der Waals surface area (Å²) in [6, 6.07) is 4.14. The minimum Gasteiger partial charge on any atom is -0.386 e. The lowest BCUT2D eigenvalue weighted by atomic mass is 10.1. The van der Waals surface area contributed by atoms with Crippen LogP contribution >= 0.6 is 11.6 Å². The number of aryl methyl sites for hydroxylation is 1. The summed E-state index contributed by atoms with van der Waals surface area (Å²) in [5.74, 6) is -0.383. The van der Waals surface area contributed by atoms with Crippen LogP contribution in [-0.4, -0.2) is 14.7 Å². The normalized spacial score (nSPS) is 12.7. The lowest BCUT2D eigenvalue weighted by molar-refractivity contribution is 0.174. The van der Waals surface area contributed by atoms with E-state index in [0.29, 0.717) is 22.7 Å². The van der Waals surface area contributed by atoms with Gasteiger partial charge in [0, 0.05) is 24.7 Å². The smallest absolute Gasteiger partial charge is 0.124 e. The van der Waals surface area contributed by atoms with Crippen molar-refractivity contribution in [3.63, 3.8) is 0 Å². The third-order valence-electron chi connectivity index (χ3n) is 2.49. The highest BCUT2D eigenvalue weighted by molar-refractivity contribution is 6.31. The van der Waals surface area contributed by atoms with E-state index < -0.39 is 6.10 Å². The standard InChI is InChI=1S/C12H12ClFN2O/c1-16-6-11(15-7-16)12(17)4-8-2-3-9(14)5-10(8)13/h2-3,5-7,12,17H,4H2,1H3. The molecular formula is C12H12ClFN2O. The summed E-state index contributed by atoms with van der Waals surface area (Å²) in [6.07, 6.45) is 2.93. The van der Waals surface area contributed by atoms with Gasteiger partial charge in [0.05, 0.1) is 12.0 Å². The van der Waals surface area contributed by atoms with E-state index in [2.05, 4.69) is 4.98 Å². The zero-order valence-corrected chi connectivity index (χ0v) is 10.0. The van der Waals surface area contributed by atoms with Gasteiger partial charge < -0.3 is 9.67 Å². The number of hydrogen-bond donors (Lipinski definition) is 1. The van der Waals surface area contributed by atoms with Crippen molar-refractivity contribution in [1.29, 1.82) is 0 Å². The highest BCUT2D eigenvalue weighted by Gasteiger charge is 2.13. The van der Waals surface area contributed by atoms with Crippen LogP contribution in [0.1, 0.15) is 17.4 Å². The molecular weight excluding hydrogens is 243 g/mol. The first kappa shape index (κ1) is 12.1. The van der Waals surface area contributed by atoms with Crippen LogP contribution in [-0.2, 0) is 13.5 Å². The molecule has 1 unspecified atom stereocenters. The Kier molecular flexibility index (Phi) is 3.45. The molecule has 0 aliphatic heterocycles. The summed E-state index contributed by atoms with van der Waals surface area (Å²) in [5.41, 5.74) is 1.28. The summed E-state index contributed by atoms with van der Waals surface area (Å²) in [4.78, 5) is 4.05. The fourth-order valence-electron chi connectivity index (χ4n) is 1.61. The number of imidazole rings is 1. The van der Waals surface area contributed by atoms with Gasteiger partial charge in [0.25, 0.3) is 0 Å². The molecule has 0 aliphatic carbocycles. The van der Waals surface area contributed by atoms with Gasteiger partial charge in [-0.2, -0.15) is 0 Å². The third kappa shape index (κ3) is 2.84. The maximum Gasteiger partial charge on any atom is 0.124 e. The maximum atomic E-state index is 12.8. The Balaban J connectivity index is 2.15. The zero-order chi connectivity index (χ0) is 12.4. The van der Waals surface area contributed by atoms with E-state index >= 15 is 0 Å². The van der Waals surface area contributed by atoms with Crippen molar-refractivity contribution in [1.82, 2.24) is 9.55 Å². The van der Waals surface area contributed by atoms with Crippen LogP contribution in [0.2, 0.25) is 5.02 Å². The Morgan fingerprint density at radius 2 is 2.29 bits per heavy atom. The lowest BCUT2D eigenvalue weighted by Gasteiger charge is -2.09. The van der Waals surface area contributed by atoms with E-state index in [1.54, 1.807) is 23.2 Å². The van der Waals surface area contributed by atoms with Gasteiger partial charge in [0.1, 0.15) is 11.9 Å². The van der Waals surface area contributed by atoms with E-state index in [-0.39, 0.29) is 5.82 Å². The second-order valence-electron chi connectivity index (χ2n) is 3.92. The van der Waals surface area contributed by atoms with Crippen molar-refractivity contribution in [2.75, 3.05) is 0 Å². The highest BCUT2D eigenvalue weighted by Crippen LogP contribution is 2.23. The molecule has 0 fully saturated rings. The molecule has 2 rings (SSSR count). The minimum absolute atomic E-state index is 0.316. The molecule has 1 heterocycles. The fourth-order valence-corrected chi connectivity index (χ4v) is 1.85. The van der Waals surface area contributed by atoms with E-state index in [0.717, 1.165) is 0 Å². The number of nitrogens with zero attached hydrogens (tertiary/aromatic N) is 2.